The second-order valence-electron chi connectivity index (χ2n) is 8.47. The third-order valence-electron chi connectivity index (χ3n) is 5.83. The van der Waals surface area contributed by atoms with Crippen LogP contribution >= 0.6 is 23.7 Å². The van der Waals surface area contributed by atoms with Crippen molar-refractivity contribution in [3.05, 3.63) is 42.0 Å². The Morgan fingerprint density at radius 1 is 1.06 bits per heavy atom. The molecule has 0 bridgehead atoms. The molecule has 10 nitrogen and oxygen atoms in total. The summed E-state index contributed by atoms with van der Waals surface area (Å²) in [5.74, 6) is 1.05. The number of morpholine rings is 1. The summed E-state index contributed by atoms with van der Waals surface area (Å²) in [7, 11) is 0.239. The Bertz CT molecular complexity index is 1300. The van der Waals surface area contributed by atoms with Gasteiger partial charge in [-0.25, -0.2) is 13.4 Å². The topological polar surface area (TPSA) is 102 Å². The minimum atomic E-state index is -3.63. The fourth-order valence-electron chi connectivity index (χ4n) is 3.87. The van der Waals surface area contributed by atoms with Crippen LogP contribution in [-0.4, -0.2) is 88.8 Å². The minimum absolute atomic E-state index is 0. The van der Waals surface area contributed by atoms with E-state index in [-0.39, 0.29) is 30.0 Å². The number of hydrogen-bond donors (Lipinski definition) is 0. The van der Waals surface area contributed by atoms with Crippen LogP contribution in [0.5, 0.6) is 11.5 Å². The summed E-state index contributed by atoms with van der Waals surface area (Å²) in [5, 5.41) is 0.556. The van der Waals surface area contributed by atoms with Crippen LogP contribution < -0.4 is 14.4 Å². The van der Waals surface area contributed by atoms with Crippen molar-refractivity contribution in [1.82, 2.24) is 14.2 Å². The molecule has 3 heterocycles. The van der Waals surface area contributed by atoms with Crippen LogP contribution in [0.25, 0.3) is 10.2 Å². The molecule has 0 atom stereocenters. The van der Waals surface area contributed by atoms with Gasteiger partial charge in [-0.15, -0.1) is 12.4 Å². The number of hydrogen-bond acceptors (Lipinski definition) is 9. The standard InChI is InChI=1S/C23H26N4O6S2.ClH/c1-25(2)7-8-27(23-24-18-13-19-20(33-15-32-19)14-21(18)34-23)22(28)16-3-5-17(6-4-16)35(29,30)26-9-11-31-12-10-26;/h3-6,13-14H,7-12,15H2,1-2H3;1H. The lowest BCUT2D eigenvalue weighted by molar-refractivity contribution is 0.0730. The highest BCUT2D eigenvalue weighted by Crippen LogP contribution is 2.40. The Morgan fingerprint density at radius 2 is 1.72 bits per heavy atom. The number of benzene rings is 2. The van der Waals surface area contributed by atoms with E-state index in [0.717, 1.165) is 10.2 Å². The normalized spacial score (nSPS) is 15.8. The first-order valence-corrected chi connectivity index (χ1v) is 13.4. The number of halogens is 1. The van der Waals surface area contributed by atoms with Gasteiger partial charge >= 0.3 is 0 Å². The molecule has 1 saturated heterocycles. The monoisotopic (exact) mass is 554 g/mol. The van der Waals surface area contributed by atoms with Gasteiger partial charge in [-0.3, -0.25) is 9.69 Å². The average molecular weight is 555 g/mol. The smallest absolute Gasteiger partial charge is 0.260 e. The number of thiazole rings is 1. The van der Waals surface area contributed by atoms with Crippen molar-refractivity contribution in [2.24, 2.45) is 0 Å². The highest BCUT2D eigenvalue weighted by atomic mass is 35.5. The Hall–Kier alpha value is -2.48. The fraction of sp³-hybridized carbons (Fsp3) is 0.391. The summed E-state index contributed by atoms with van der Waals surface area (Å²) in [6, 6.07) is 9.78. The van der Waals surface area contributed by atoms with Gasteiger partial charge in [0.15, 0.2) is 16.6 Å². The van der Waals surface area contributed by atoms with Crippen molar-refractivity contribution in [2.75, 3.05) is 65.2 Å². The highest BCUT2D eigenvalue weighted by molar-refractivity contribution is 7.89. The van der Waals surface area contributed by atoms with Crippen molar-refractivity contribution < 1.29 is 27.4 Å². The maximum absolute atomic E-state index is 13.5. The summed E-state index contributed by atoms with van der Waals surface area (Å²) in [6.07, 6.45) is 0. The first kappa shape index (κ1) is 26.6. The van der Waals surface area contributed by atoms with Crippen LogP contribution in [0, 0.1) is 0 Å². The van der Waals surface area contributed by atoms with E-state index in [9.17, 15) is 13.2 Å². The van der Waals surface area contributed by atoms with Gasteiger partial charge in [0, 0.05) is 43.9 Å². The van der Waals surface area contributed by atoms with Crippen LogP contribution in [0.4, 0.5) is 5.13 Å². The van der Waals surface area contributed by atoms with Crippen LogP contribution in [0.1, 0.15) is 10.4 Å². The first-order valence-electron chi connectivity index (χ1n) is 11.2. The van der Waals surface area contributed by atoms with E-state index in [1.807, 2.05) is 31.1 Å². The molecule has 0 spiro atoms. The number of ether oxygens (including phenoxy) is 3. The van der Waals surface area contributed by atoms with E-state index >= 15 is 0 Å². The predicted molar refractivity (Wildman–Crippen MR) is 139 cm³/mol. The van der Waals surface area contributed by atoms with Crippen molar-refractivity contribution in [3.8, 4) is 11.5 Å². The van der Waals surface area contributed by atoms with Crippen molar-refractivity contribution in [1.29, 1.82) is 0 Å². The summed E-state index contributed by atoms with van der Waals surface area (Å²) >= 11 is 1.40. The lowest BCUT2D eigenvalue weighted by atomic mass is 10.2. The molecule has 1 fully saturated rings. The molecule has 3 aromatic rings. The largest absolute Gasteiger partial charge is 0.454 e. The summed E-state index contributed by atoms with van der Waals surface area (Å²) in [6.45, 7) is 2.63. The van der Waals surface area contributed by atoms with Crippen LogP contribution in [0.3, 0.4) is 0 Å². The lowest BCUT2D eigenvalue weighted by Crippen LogP contribution is -2.40. The van der Waals surface area contributed by atoms with E-state index in [4.69, 9.17) is 14.2 Å². The second-order valence-corrected chi connectivity index (χ2v) is 11.4. The number of likely N-dealkylation sites (N-methyl/N-ethyl adjacent to an activating group) is 1. The molecule has 0 saturated carbocycles. The van der Waals surface area contributed by atoms with Gasteiger partial charge in [-0.2, -0.15) is 4.31 Å². The van der Waals surface area contributed by atoms with Gasteiger partial charge in [0.2, 0.25) is 16.8 Å². The number of carbonyl (C=O) groups excluding carboxylic acids is 1. The van der Waals surface area contributed by atoms with Gasteiger partial charge < -0.3 is 19.1 Å². The van der Waals surface area contributed by atoms with E-state index in [1.165, 1.54) is 27.8 Å². The third kappa shape index (κ3) is 5.29. The van der Waals surface area contributed by atoms with Crippen LogP contribution in [-0.2, 0) is 14.8 Å². The molecule has 2 aliphatic rings. The van der Waals surface area contributed by atoms with Gasteiger partial charge in [-0.1, -0.05) is 11.3 Å². The van der Waals surface area contributed by atoms with Gasteiger partial charge in [-0.05, 0) is 38.4 Å². The zero-order valence-corrected chi connectivity index (χ0v) is 22.3. The molecule has 2 aromatic carbocycles. The molecular formula is C23H27ClN4O6S2. The average Bonchev–Trinajstić information content (AvgIpc) is 3.48. The molecular weight excluding hydrogens is 528 g/mol. The molecule has 0 N–H and O–H groups in total. The van der Waals surface area contributed by atoms with E-state index in [2.05, 4.69) is 4.98 Å². The van der Waals surface area contributed by atoms with E-state index in [1.54, 1.807) is 17.0 Å². The summed E-state index contributed by atoms with van der Waals surface area (Å²) < 4.78 is 44.3. The second kappa shape index (κ2) is 10.9. The Morgan fingerprint density at radius 3 is 2.39 bits per heavy atom. The first-order chi connectivity index (χ1) is 16.8. The Kier molecular flexibility index (Phi) is 8.03. The predicted octanol–water partition coefficient (Wildman–Crippen LogP) is 2.68. The Labute approximate surface area is 219 Å². The molecule has 13 heteroatoms. The van der Waals surface area contributed by atoms with Crippen molar-refractivity contribution in [3.63, 3.8) is 0 Å². The quantitative estimate of drug-likeness (QED) is 0.439. The molecule has 0 aliphatic carbocycles. The van der Waals surface area contributed by atoms with Gasteiger partial charge in [0.25, 0.3) is 5.91 Å². The molecule has 5 rings (SSSR count). The van der Waals surface area contributed by atoms with Crippen molar-refractivity contribution in [2.45, 2.75) is 4.90 Å². The Balaban J connectivity index is 0.00000304. The van der Waals surface area contributed by atoms with Gasteiger partial charge in [0.1, 0.15) is 0 Å². The zero-order valence-electron chi connectivity index (χ0n) is 19.9. The maximum Gasteiger partial charge on any atom is 0.260 e. The third-order valence-corrected chi connectivity index (χ3v) is 8.78. The summed E-state index contributed by atoms with van der Waals surface area (Å²) in [5.41, 5.74) is 1.11. The number of amides is 1. The highest BCUT2D eigenvalue weighted by Gasteiger charge is 2.28. The molecule has 2 aliphatic heterocycles. The maximum atomic E-state index is 13.5. The molecule has 0 unspecified atom stereocenters. The summed E-state index contributed by atoms with van der Waals surface area (Å²) in [4.78, 5) is 22.0. The van der Waals surface area contributed by atoms with Crippen LogP contribution in [0.15, 0.2) is 41.3 Å². The lowest BCUT2D eigenvalue weighted by Gasteiger charge is -2.26. The number of fused-ring (bicyclic) bond motifs is 2. The van der Waals surface area contributed by atoms with E-state index in [0.29, 0.717) is 61.6 Å². The fourth-order valence-corrected chi connectivity index (χ4v) is 6.27. The molecule has 1 amide bonds. The van der Waals surface area contributed by atoms with E-state index < -0.39 is 10.0 Å². The molecule has 1 aromatic heterocycles. The molecule has 0 radical (unpaired) electrons. The number of sulfonamides is 1. The minimum Gasteiger partial charge on any atom is -0.454 e. The number of anilines is 1. The number of nitrogens with zero attached hydrogens (tertiary/aromatic N) is 4. The number of aromatic nitrogens is 1. The van der Waals surface area contributed by atoms with Gasteiger partial charge in [0.05, 0.1) is 28.3 Å². The zero-order chi connectivity index (χ0) is 24.6. The van der Waals surface area contributed by atoms with Crippen LogP contribution in [0.2, 0.25) is 0 Å². The molecule has 36 heavy (non-hydrogen) atoms. The molecule has 194 valence electrons. The van der Waals surface area contributed by atoms with Crippen molar-refractivity contribution >= 4 is 55.0 Å². The SMILES string of the molecule is CN(C)CCN(C(=O)c1ccc(S(=O)(=O)N2CCOCC2)cc1)c1nc2cc3c(cc2s1)OCO3.Cl. The number of carbonyl (C=O) groups is 1. The number of rotatable bonds is 7.